The van der Waals surface area contributed by atoms with E-state index in [1.54, 1.807) is 7.11 Å². The van der Waals surface area contributed by atoms with Crippen molar-refractivity contribution in [2.45, 2.75) is 18.6 Å². The second-order valence-corrected chi connectivity index (χ2v) is 5.22. The average Bonchev–Trinajstić information content (AvgIpc) is 2.35. The predicted molar refractivity (Wildman–Crippen MR) is 71.3 cm³/mol. The van der Waals surface area contributed by atoms with Gasteiger partial charge in [-0.25, -0.2) is 0 Å². The summed E-state index contributed by atoms with van der Waals surface area (Å²) < 4.78 is 5.03. The van der Waals surface area contributed by atoms with Gasteiger partial charge in [0.15, 0.2) is 5.96 Å². The van der Waals surface area contributed by atoms with E-state index in [0.29, 0.717) is 0 Å². The Morgan fingerprint density at radius 1 is 1.62 bits per heavy atom. The van der Waals surface area contributed by atoms with Crippen molar-refractivity contribution in [2.24, 2.45) is 4.99 Å². The molecule has 0 saturated carbocycles. The van der Waals surface area contributed by atoms with Crippen LogP contribution < -0.4 is 5.32 Å². The number of rotatable bonds is 4. The van der Waals surface area contributed by atoms with E-state index in [0.717, 1.165) is 37.5 Å². The second kappa shape index (κ2) is 7.79. The van der Waals surface area contributed by atoms with E-state index >= 15 is 0 Å². The molecular weight excluding hydrogens is 222 g/mol. The highest BCUT2D eigenvalue weighted by Crippen LogP contribution is 2.20. The van der Waals surface area contributed by atoms with Gasteiger partial charge in [-0.15, -0.1) is 0 Å². The van der Waals surface area contributed by atoms with E-state index < -0.39 is 0 Å². The van der Waals surface area contributed by atoms with Gasteiger partial charge < -0.3 is 15.0 Å². The summed E-state index contributed by atoms with van der Waals surface area (Å²) in [4.78, 5) is 6.67. The lowest BCUT2D eigenvalue weighted by Crippen LogP contribution is -2.48. The monoisotopic (exact) mass is 245 g/mol. The molecule has 0 radical (unpaired) electrons. The van der Waals surface area contributed by atoms with Crippen molar-refractivity contribution in [3.63, 3.8) is 0 Å². The van der Waals surface area contributed by atoms with Crippen LogP contribution in [0.25, 0.3) is 0 Å². The van der Waals surface area contributed by atoms with Gasteiger partial charge >= 0.3 is 0 Å². The molecule has 1 rings (SSSR count). The summed E-state index contributed by atoms with van der Waals surface area (Å²) in [5, 5.41) is 4.07. The minimum Gasteiger partial charge on any atom is -0.383 e. The van der Waals surface area contributed by atoms with E-state index in [-0.39, 0.29) is 0 Å². The molecular formula is C11H23N3OS. The molecule has 0 spiro atoms. The van der Waals surface area contributed by atoms with Crippen LogP contribution in [0.2, 0.25) is 0 Å². The SMILES string of the molecule is CCC1CN(C(=NC)NCCOC)CCS1. The Hall–Kier alpha value is -0.420. The van der Waals surface area contributed by atoms with Crippen molar-refractivity contribution in [2.75, 3.05) is 46.2 Å². The van der Waals surface area contributed by atoms with Crippen molar-refractivity contribution in [1.82, 2.24) is 10.2 Å². The number of hydrogen-bond acceptors (Lipinski definition) is 3. The zero-order chi connectivity index (χ0) is 11.8. The van der Waals surface area contributed by atoms with Crippen LogP contribution in [0.15, 0.2) is 4.99 Å². The molecule has 5 heteroatoms. The van der Waals surface area contributed by atoms with Gasteiger partial charge in [-0.3, -0.25) is 4.99 Å². The number of thioether (sulfide) groups is 1. The van der Waals surface area contributed by atoms with E-state index in [4.69, 9.17) is 4.74 Å². The van der Waals surface area contributed by atoms with Crippen LogP contribution >= 0.6 is 11.8 Å². The van der Waals surface area contributed by atoms with Crippen LogP contribution in [0.5, 0.6) is 0 Å². The summed E-state index contributed by atoms with van der Waals surface area (Å²) in [5.41, 5.74) is 0. The molecule has 0 aromatic rings. The Morgan fingerprint density at radius 2 is 2.44 bits per heavy atom. The molecule has 4 nitrogen and oxygen atoms in total. The fraction of sp³-hybridized carbons (Fsp3) is 0.909. The minimum atomic E-state index is 0.721. The summed E-state index contributed by atoms with van der Waals surface area (Å²) >= 11 is 2.07. The molecule has 0 aliphatic carbocycles. The molecule has 0 amide bonds. The highest BCUT2D eigenvalue weighted by molar-refractivity contribution is 8.00. The van der Waals surface area contributed by atoms with E-state index in [2.05, 4.69) is 33.9 Å². The van der Waals surface area contributed by atoms with Gasteiger partial charge in [0.1, 0.15) is 0 Å². The smallest absolute Gasteiger partial charge is 0.193 e. The number of methoxy groups -OCH3 is 1. The van der Waals surface area contributed by atoms with Crippen LogP contribution in [-0.4, -0.2) is 62.3 Å². The fourth-order valence-electron chi connectivity index (χ4n) is 1.76. The van der Waals surface area contributed by atoms with Gasteiger partial charge in [0, 0.05) is 44.8 Å². The number of nitrogens with zero attached hydrogens (tertiary/aromatic N) is 2. The number of guanidine groups is 1. The molecule has 94 valence electrons. The number of ether oxygens (including phenoxy) is 1. The normalized spacial score (nSPS) is 22.3. The Kier molecular flexibility index (Phi) is 6.64. The first-order valence-corrected chi connectivity index (χ1v) is 6.92. The second-order valence-electron chi connectivity index (χ2n) is 3.81. The summed E-state index contributed by atoms with van der Waals surface area (Å²) in [6.07, 6.45) is 1.23. The van der Waals surface area contributed by atoms with Crippen LogP contribution in [0.3, 0.4) is 0 Å². The zero-order valence-corrected chi connectivity index (χ0v) is 11.3. The van der Waals surface area contributed by atoms with Crippen molar-refractivity contribution in [3.8, 4) is 0 Å². The van der Waals surface area contributed by atoms with E-state index in [1.165, 1.54) is 12.2 Å². The first-order chi connectivity index (χ1) is 7.81. The van der Waals surface area contributed by atoms with Gasteiger partial charge in [-0.05, 0) is 6.42 Å². The average molecular weight is 245 g/mol. The summed E-state index contributed by atoms with van der Waals surface area (Å²) in [6.45, 7) is 5.99. The van der Waals surface area contributed by atoms with Crippen molar-refractivity contribution >= 4 is 17.7 Å². The molecule has 1 fully saturated rings. The van der Waals surface area contributed by atoms with Gasteiger partial charge in [0.25, 0.3) is 0 Å². The maximum Gasteiger partial charge on any atom is 0.193 e. The maximum absolute atomic E-state index is 5.03. The lowest BCUT2D eigenvalue weighted by molar-refractivity contribution is 0.202. The Bertz CT molecular complexity index is 223. The Balaban J connectivity index is 2.39. The molecule has 1 heterocycles. The molecule has 1 saturated heterocycles. The van der Waals surface area contributed by atoms with Gasteiger partial charge in [0.05, 0.1) is 6.61 Å². The third-order valence-electron chi connectivity index (χ3n) is 2.69. The van der Waals surface area contributed by atoms with Crippen LogP contribution in [0, 0.1) is 0 Å². The van der Waals surface area contributed by atoms with E-state index in [1.807, 2.05) is 7.05 Å². The third kappa shape index (κ3) is 4.22. The minimum absolute atomic E-state index is 0.721. The lowest BCUT2D eigenvalue weighted by atomic mass is 10.3. The first kappa shape index (κ1) is 13.6. The Labute approximate surface area is 103 Å². The number of nitrogens with one attached hydrogen (secondary N) is 1. The first-order valence-electron chi connectivity index (χ1n) is 5.88. The maximum atomic E-state index is 5.03. The van der Waals surface area contributed by atoms with E-state index in [9.17, 15) is 0 Å². The van der Waals surface area contributed by atoms with Gasteiger partial charge in [-0.1, -0.05) is 6.92 Å². The van der Waals surface area contributed by atoms with Gasteiger partial charge in [0.2, 0.25) is 0 Å². The predicted octanol–water partition coefficient (Wildman–Crippen LogP) is 1.04. The standard InChI is InChI=1S/C11H23N3OS/c1-4-10-9-14(6-8-16-10)11(12-2)13-5-7-15-3/h10H,4-9H2,1-3H3,(H,12,13). The molecule has 0 aromatic carbocycles. The van der Waals surface area contributed by atoms with Crippen LogP contribution in [0.4, 0.5) is 0 Å². The van der Waals surface area contributed by atoms with Gasteiger partial charge in [-0.2, -0.15) is 11.8 Å². The summed E-state index contributed by atoms with van der Waals surface area (Å²) in [5.74, 6) is 2.21. The molecule has 0 bridgehead atoms. The summed E-state index contributed by atoms with van der Waals surface area (Å²) in [6, 6.07) is 0. The number of hydrogen-bond donors (Lipinski definition) is 1. The van der Waals surface area contributed by atoms with Crippen LogP contribution in [0.1, 0.15) is 13.3 Å². The van der Waals surface area contributed by atoms with Crippen molar-refractivity contribution in [3.05, 3.63) is 0 Å². The highest BCUT2D eigenvalue weighted by atomic mass is 32.2. The summed E-state index contributed by atoms with van der Waals surface area (Å²) in [7, 11) is 3.56. The topological polar surface area (TPSA) is 36.9 Å². The Morgan fingerprint density at radius 3 is 3.06 bits per heavy atom. The van der Waals surface area contributed by atoms with Crippen molar-refractivity contribution < 1.29 is 4.74 Å². The molecule has 1 aliphatic heterocycles. The number of aliphatic imine (C=N–C) groups is 1. The fourth-order valence-corrected chi connectivity index (χ4v) is 2.94. The molecule has 1 unspecified atom stereocenters. The van der Waals surface area contributed by atoms with Crippen LogP contribution in [-0.2, 0) is 4.74 Å². The molecule has 1 atom stereocenters. The quantitative estimate of drug-likeness (QED) is 0.456. The molecule has 16 heavy (non-hydrogen) atoms. The largest absolute Gasteiger partial charge is 0.383 e. The van der Waals surface area contributed by atoms with Crippen molar-refractivity contribution in [1.29, 1.82) is 0 Å². The zero-order valence-electron chi connectivity index (χ0n) is 10.5. The third-order valence-corrected chi connectivity index (χ3v) is 4.07. The molecule has 1 N–H and O–H groups in total. The molecule has 0 aromatic heterocycles. The molecule has 1 aliphatic rings. The highest BCUT2D eigenvalue weighted by Gasteiger charge is 2.20. The lowest BCUT2D eigenvalue weighted by Gasteiger charge is -2.34.